The van der Waals surface area contributed by atoms with Gasteiger partial charge in [-0.1, -0.05) is 11.6 Å². The highest BCUT2D eigenvalue weighted by atomic mass is 35.5. The largest absolute Gasteiger partial charge is 0.383 e. The predicted molar refractivity (Wildman–Crippen MR) is 86.9 cm³/mol. The van der Waals surface area contributed by atoms with Crippen LogP contribution in [0.4, 0.5) is 5.69 Å². The Morgan fingerprint density at radius 3 is 3.04 bits per heavy atom. The fraction of sp³-hybridized carbons (Fsp3) is 0.533. The summed E-state index contributed by atoms with van der Waals surface area (Å²) in [7, 11) is 1.67. The van der Waals surface area contributed by atoms with Gasteiger partial charge in [-0.15, -0.1) is 0 Å². The van der Waals surface area contributed by atoms with E-state index in [1.54, 1.807) is 7.11 Å². The van der Waals surface area contributed by atoms with E-state index in [0.29, 0.717) is 24.1 Å². The quantitative estimate of drug-likeness (QED) is 0.605. The Labute approximate surface area is 139 Å². The van der Waals surface area contributed by atoms with Crippen molar-refractivity contribution in [2.24, 2.45) is 5.92 Å². The molecule has 0 saturated carbocycles. The van der Waals surface area contributed by atoms with Gasteiger partial charge in [-0.3, -0.25) is 14.9 Å². The highest BCUT2D eigenvalue weighted by molar-refractivity contribution is 6.31. The number of nitro groups is 1. The molecule has 1 saturated heterocycles. The number of nitrogens with zero attached hydrogens (tertiary/aromatic N) is 2. The number of hydrogen-bond donors (Lipinski definition) is 1. The number of hydrogen-bond acceptors (Lipinski definition) is 5. The molecule has 0 aliphatic carbocycles. The minimum absolute atomic E-state index is 0.00302. The topological polar surface area (TPSA) is 84.7 Å². The summed E-state index contributed by atoms with van der Waals surface area (Å²) in [5.74, 6) is -0.122. The lowest BCUT2D eigenvalue weighted by Gasteiger charge is -2.15. The molecule has 0 aromatic heterocycles. The maximum absolute atomic E-state index is 12.2. The van der Waals surface area contributed by atoms with E-state index in [2.05, 4.69) is 10.2 Å². The van der Waals surface area contributed by atoms with Crippen molar-refractivity contribution in [2.75, 3.05) is 39.9 Å². The Morgan fingerprint density at radius 2 is 2.35 bits per heavy atom. The summed E-state index contributed by atoms with van der Waals surface area (Å²) in [6.45, 7) is 3.92. The van der Waals surface area contributed by atoms with Crippen molar-refractivity contribution in [1.82, 2.24) is 10.2 Å². The first-order valence-corrected chi connectivity index (χ1v) is 7.82. The second kappa shape index (κ2) is 8.24. The molecular formula is C15H20ClN3O4. The zero-order valence-electron chi connectivity index (χ0n) is 13.0. The number of rotatable bonds is 7. The van der Waals surface area contributed by atoms with Crippen molar-refractivity contribution in [3.63, 3.8) is 0 Å². The van der Waals surface area contributed by atoms with Crippen LogP contribution in [0.2, 0.25) is 5.02 Å². The van der Waals surface area contributed by atoms with Crippen LogP contribution in [0.15, 0.2) is 18.2 Å². The number of likely N-dealkylation sites (tertiary alicyclic amines) is 1. The molecule has 1 heterocycles. The molecule has 1 aliphatic rings. The molecule has 0 radical (unpaired) electrons. The first kappa shape index (κ1) is 17.7. The zero-order chi connectivity index (χ0) is 16.8. The van der Waals surface area contributed by atoms with Gasteiger partial charge in [0.05, 0.1) is 11.5 Å². The van der Waals surface area contributed by atoms with Gasteiger partial charge in [0.2, 0.25) is 0 Å². The van der Waals surface area contributed by atoms with Crippen LogP contribution in [0, 0.1) is 16.0 Å². The molecule has 1 amide bonds. The van der Waals surface area contributed by atoms with Crippen LogP contribution in [-0.4, -0.2) is 55.6 Å². The van der Waals surface area contributed by atoms with Crippen molar-refractivity contribution >= 4 is 23.2 Å². The van der Waals surface area contributed by atoms with E-state index in [1.165, 1.54) is 18.2 Å². The van der Waals surface area contributed by atoms with Gasteiger partial charge < -0.3 is 15.0 Å². The van der Waals surface area contributed by atoms with Crippen LogP contribution in [0.5, 0.6) is 0 Å². The van der Waals surface area contributed by atoms with Crippen molar-refractivity contribution in [2.45, 2.75) is 6.42 Å². The van der Waals surface area contributed by atoms with Gasteiger partial charge in [0.1, 0.15) is 5.56 Å². The minimum Gasteiger partial charge on any atom is -0.383 e. The molecule has 1 N–H and O–H groups in total. The van der Waals surface area contributed by atoms with Gasteiger partial charge in [0.25, 0.3) is 11.6 Å². The van der Waals surface area contributed by atoms with Crippen molar-refractivity contribution in [3.05, 3.63) is 38.9 Å². The number of benzene rings is 1. The summed E-state index contributed by atoms with van der Waals surface area (Å²) in [4.78, 5) is 24.9. The van der Waals surface area contributed by atoms with Crippen LogP contribution >= 0.6 is 11.6 Å². The Bertz CT molecular complexity index is 582. The Hall–Kier alpha value is -1.70. The third-order valence-electron chi connectivity index (χ3n) is 3.93. The van der Waals surface area contributed by atoms with Crippen LogP contribution in [0.1, 0.15) is 16.8 Å². The number of methoxy groups -OCH3 is 1. The third kappa shape index (κ3) is 4.89. The number of nitro benzene ring substituents is 1. The van der Waals surface area contributed by atoms with Crippen molar-refractivity contribution in [3.8, 4) is 0 Å². The maximum atomic E-state index is 12.2. The fourth-order valence-corrected chi connectivity index (χ4v) is 2.86. The second-order valence-corrected chi connectivity index (χ2v) is 6.01. The molecular weight excluding hydrogens is 322 g/mol. The minimum atomic E-state index is -0.576. The molecule has 1 fully saturated rings. The average molecular weight is 342 g/mol. The highest BCUT2D eigenvalue weighted by Crippen LogP contribution is 2.23. The summed E-state index contributed by atoms with van der Waals surface area (Å²) in [6.07, 6.45) is 0.988. The van der Waals surface area contributed by atoms with E-state index in [9.17, 15) is 14.9 Å². The summed E-state index contributed by atoms with van der Waals surface area (Å²) < 4.78 is 5.05. The lowest BCUT2D eigenvalue weighted by atomic mass is 10.1. The SMILES string of the molecule is COCCN1CC[C@H](CNC(=O)c2cc(Cl)ccc2[N+](=O)[O-])C1. The summed E-state index contributed by atoms with van der Waals surface area (Å²) in [5.41, 5.74) is -0.239. The van der Waals surface area contributed by atoms with Crippen LogP contribution < -0.4 is 5.32 Å². The number of carbonyl (C=O) groups is 1. The van der Waals surface area contributed by atoms with Crippen LogP contribution in [0.25, 0.3) is 0 Å². The Morgan fingerprint density at radius 1 is 1.57 bits per heavy atom. The van der Waals surface area contributed by atoms with E-state index < -0.39 is 10.8 Å². The van der Waals surface area contributed by atoms with Crippen molar-refractivity contribution in [1.29, 1.82) is 0 Å². The van der Waals surface area contributed by atoms with E-state index in [1.807, 2.05) is 0 Å². The molecule has 1 aromatic carbocycles. The Kier molecular flexibility index (Phi) is 6.32. The normalized spacial score (nSPS) is 18.1. The first-order chi connectivity index (χ1) is 11.0. The molecule has 0 bridgehead atoms. The smallest absolute Gasteiger partial charge is 0.282 e. The third-order valence-corrected chi connectivity index (χ3v) is 4.17. The molecule has 1 atom stereocenters. The zero-order valence-corrected chi connectivity index (χ0v) is 13.7. The van der Waals surface area contributed by atoms with Gasteiger partial charge in [0.15, 0.2) is 0 Å². The monoisotopic (exact) mass is 341 g/mol. The number of nitrogens with one attached hydrogen (secondary N) is 1. The van der Waals surface area contributed by atoms with E-state index in [-0.39, 0.29) is 11.3 Å². The standard InChI is InChI=1S/C15H20ClN3O4/c1-23-7-6-18-5-4-11(10-18)9-17-15(20)13-8-12(16)2-3-14(13)19(21)22/h2-3,8,11H,4-7,9-10H2,1H3,(H,17,20)/t11-/m1/s1. The molecule has 7 nitrogen and oxygen atoms in total. The predicted octanol–water partition coefficient (Wildman–Crippen LogP) is 1.95. The molecule has 0 spiro atoms. The molecule has 2 rings (SSSR count). The molecule has 1 aliphatic heterocycles. The maximum Gasteiger partial charge on any atom is 0.282 e. The molecule has 1 aromatic rings. The van der Waals surface area contributed by atoms with Gasteiger partial charge in [0, 0.05) is 37.8 Å². The fourth-order valence-electron chi connectivity index (χ4n) is 2.68. The number of ether oxygens (including phenoxy) is 1. The number of halogens is 1. The lowest BCUT2D eigenvalue weighted by Crippen LogP contribution is -2.32. The molecule has 8 heteroatoms. The Balaban J connectivity index is 1.91. The second-order valence-electron chi connectivity index (χ2n) is 5.58. The van der Waals surface area contributed by atoms with E-state index in [0.717, 1.165) is 26.1 Å². The van der Waals surface area contributed by atoms with E-state index >= 15 is 0 Å². The van der Waals surface area contributed by atoms with Gasteiger partial charge in [-0.2, -0.15) is 0 Å². The number of carbonyl (C=O) groups excluding carboxylic acids is 1. The number of amides is 1. The summed E-state index contributed by atoms with van der Waals surface area (Å²) in [6, 6.07) is 3.98. The van der Waals surface area contributed by atoms with Gasteiger partial charge in [-0.05, 0) is 31.0 Å². The summed E-state index contributed by atoms with van der Waals surface area (Å²) in [5, 5.41) is 14.1. The first-order valence-electron chi connectivity index (χ1n) is 7.44. The summed E-state index contributed by atoms with van der Waals surface area (Å²) >= 11 is 5.84. The van der Waals surface area contributed by atoms with Crippen molar-refractivity contribution < 1.29 is 14.5 Å². The highest BCUT2D eigenvalue weighted by Gasteiger charge is 2.24. The van der Waals surface area contributed by atoms with Gasteiger partial charge >= 0.3 is 0 Å². The molecule has 126 valence electrons. The molecule has 0 unspecified atom stereocenters. The molecule has 23 heavy (non-hydrogen) atoms. The van der Waals surface area contributed by atoms with E-state index in [4.69, 9.17) is 16.3 Å². The van der Waals surface area contributed by atoms with Crippen LogP contribution in [0.3, 0.4) is 0 Å². The average Bonchev–Trinajstić information content (AvgIpc) is 2.98. The van der Waals surface area contributed by atoms with Crippen LogP contribution in [-0.2, 0) is 4.74 Å². The van der Waals surface area contributed by atoms with Gasteiger partial charge in [-0.25, -0.2) is 0 Å². The lowest BCUT2D eigenvalue weighted by molar-refractivity contribution is -0.385.